The third kappa shape index (κ3) is 5.86. The zero-order valence-corrected chi connectivity index (χ0v) is 14.4. The van der Waals surface area contributed by atoms with Gasteiger partial charge in [0.25, 0.3) is 0 Å². The molecule has 0 bridgehead atoms. The van der Waals surface area contributed by atoms with Gasteiger partial charge in [-0.1, -0.05) is 32.1 Å². The molecule has 1 aliphatic rings. The Morgan fingerprint density at radius 2 is 1.95 bits per heavy atom. The van der Waals surface area contributed by atoms with Crippen molar-refractivity contribution >= 4 is 5.97 Å². The van der Waals surface area contributed by atoms with Gasteiger partial charge in [0.15, 0.2) is 0 Å². The fourth-order valence-electron chi connectivity index (χ4n) is 3.36. The van der Waals surface area contributed by atoms with E-state index >= 15 is 0 Å². The molecule has 1 aromatic heterocycles. The Kier molecular flexibility index (Phi) is 6.10. The molecule has 0 radical (unpaired) electrons. The summed E-state index contributed by atoms with van der Waals surface area (Å²) < 4.78 is 5.38. The molecule has 1 aliphatic carbocycles. The second-order valence-corrected chi connectivity index (χ2v) is 7.61. The van der Waals surface area contributed by atoms with Crippen molar-refractivity contribution in [2.24, 2.45) is 5.92 Å². The molecule has 1 fully saturated rings. The number of rotatable bonds is 6. The van der Waals surface area contributed by atoms with Gasteiger partial charge in [0, 0.05) is 11.9 Å². The molecule has 0 saturated heterocycles. The van der Waals surface area contributed by atoms with Crippen LogP contribution in [-0.2, 0) is 22.4 Å². The summed E-state index contributed by atoms with van der Waals surface area (Å²) in [4.78, 5) is 15.1. The Balaban J connectivity index is 1.78. The summed E-state index contributed by atoms with van der Waals surface area (Å²) in [6.45, 7) is 5.74. The fraction of sp³-hybridized carbons (Fsp3) is 0.737. The van der Waals surface area contributed by atoms with Crippen LogP contribution >= 0.6 is 0 Å². The number of nitrogens with one attached hydrogen (secondary N) is 1. The molecule has 0 atom stereocenters. The molecule has 3 heteroatoms. The summed E-state index contributed by atoms with van der Waals surface area (Å²) in [6.07, 6.45) is 12.7. The third-order valence-electron chi connectivity index (χ3n) is 4.48. The van der Waals surface area contributed by atoms with Gasteiger partial charge < -0.3 is 9.72 Å². The summed E-state index contributed by atoms with van der Waals surface area (Å²) in [6, 6.07) is 2.17. The number of H-pyrrole nitrogens is 1. The maximum absolute atomic E-state index is 11.8. The zero-order chi connectivity index (χ0) is 16.0. The molecule has 124 valence electrons. The van der Waals surface area contributed by atoms with Gasteiger partial charge >= 0.3 is 5.97 Å². The molecule has 0 aliphatic heterocycles. The molecule has 0 aromatic carbocycles. The number of aryl methyl sites for hydroxylation is 2. The first kappa shape index (κ1) is 17.1. The summed E-state index contributed by atoms with van der Waals surface area (Å²) in [5.41, 5.74) is 2.20. The monoisotopic (exact) mass is 305 g/mol. The molecule has 3 nitrogen and oxygen atoms in total. The lowest BCUT2D eigenvalue weighted by molar-refractivity contribution is -0.154. The van der Waals surface area contributed by atoms with Crippen LogP contribution in [0.4, 0.5) is 0 Å². The van der Waals surface area contributed by atoms with Gasteiger partial charge in [-0.2, -0.15) is 0 Å². The molecular weight excluding hydrogens is 274 g/mol. The predicted octanol–water partition coefficient (Wildman–Crippen LogP) is 4.80. The Morgan fingerprint density at radius 3 is 2.64 bits per heavy atom. The number of aromatic amines is 1. The molecule has 1 N–H and O–H groups in total. The van der Waals surface area contributed by atoms with Crippen LogP contribution in [0.5, 0.6) is 0 Å². The van der Waals surface area contributed by atoms with Crippen molar-refractivity contribution in [2.75, 3.05) is 0 Å². The molecule has 1 saturated carbocycles. The Morgan fingerprint density at radius 1 is 1.23 bits per heavy atom. The van der Waals surface area contributed by atoms with Crippen LogP contribution in [0, 0.1) is 5.92 Å². The van der Waals surface area contributed by atoms with Crippen molar-refractivity contribution in [1.29, 1.82) is 0 Å². The van der Waals surface area contributed by atoms with Gasteiger partial charge in [0.05, 0.1) is 6.42 Å². The lowest BCUT2D eigenvalue weighted by Crippen LogP contribution is -2.24. The fourth-order valence-corrected chi connectivity index (χ4v) is 3.36. The summed E-state index contributed by atoms with van der Waals surface area (Å²) in [5, 5.41) is 0. The molecule has 1 heterocycles. The normalized spacial score (nSPS) is 16.7. The van der Waals surface area contributed by atoms with E-state index in [1.165, 1.54) is 49.8 Å². The minimum Gasteiger partial charge on any atom is -0.460 e. The highest BCUT2D eigenvalue weighted by Gasteiger charge is 2.17. The van der Waals surface area contributed by atoms with Crippen molar-refractivity contribution in [3.63, 3.8) is 0 Å². The summed E-state index contributed by atoms with van der Waals surface area (Å²) in [5.74, 6) is 0.794. The Bertz CT molecular complexity index is 464. The van der Waals surface area contributed by atoms with Gasteiger partial charge in [0.2, 0.25) is 0 Å². The SMILES string of the molecule is CC(C)(C)OC(=O)CCc1[nH]ccc1CCC1CCCCC1. The highest BCUT2D eigenvalue weighted by atomic mass is 16.6. The summed E-state index contributed by atoms with van der Waals surface area (Å²) in [7, 11) is 0. The van der Waals surface area contributed by atoms with Gasteiger partial charge in [-0.05, 0) is 57.6 Å². The minimum atomic E-state index is -0.392. The lowest BCUT2D eigenvalue weighted by atomic mass is 9.85. The first-order valence-electron chi connectivity index (χ1n) is 8.81. The number of carbonyl (C=O) groups is 1. The molecule has 0 spiro atoms. The van der Waals surface area contributed by atoms with Crippen molar-refractivity contribution in [3.05, 3.63) is 23.5 Å². The number of carbonyl (C=O) groups excluding carboxylic acids is 1. The second-order valence-electron chi connectivity index (χ2n) is 7.61. The van der Waals surface area contributed by atoms with E-state index in [0.29, 0.717) is 6.42 Å². The minimum absolute atomic E-state index is 0.111. The van der Waals surface area contributed by atoms with E-state index in [-0.39, 0.29) is 5.97 Å². The molecule has 0 unspecified atom stereocenters. The van der Waals surface area contributed by atoms with Gasteiger partial charge in [-0.3, -0.25) is 4.79 Å². The quantitative estimate of drug-likeness (QED) is 0.767. The van der Waals surface area contributed by atoms with Gasteiger partial charge in [-0.25, -0.2) is 0 Å². The molecule has 22 heavy (non-hydrogen) atoms. The van der Waals surface area contributed by atoms with Gasteiger partial charge in [-0.15, -0.1) is 0 Å². The molecule has 2 rings (SSSR count). The summed E-state index contributed by atoms with van der Waals surface area (Å²) >= 11 is 0. The average Bonchev–Trinajstić information content (AvgIpc) is 2.90. The average molecular weight is 305 g/mol. The van der Waals surface area contributed by atoms with Crippen molar-refractivity contribution in [2.45, 2.75) is 84.2 Å². The van der Waals surface area contributed by atoms with Crippen LogP contribution in [-0.4, -0.2) is 16.6 Å². The number of hydrogen-bond donors (Lipinski definition) is 1. The standard InChI is InChI=1S/C19H31NO2/c1-19(2,3)22-18(21)12-11-17-16(13-14-20-17)10-9-15-7-5-4-6-8-15/h13-15,20H,4-12H2,1-3H3. The van der Waals surface area contributed by atoms with E-state index in [4.69, 9.17) is 4.74 Å². The Labute approximate surface area is 134 Å². The van der Waals surface area contributed by atoms with Crippen LogP contribution in [0.2, 0.25) is 0 Å². The predicted molar refractivity (Wildman–Crippen MR) is 89.9 cm³/mol. The smallest absolute Gasteiger partial charge is 0.306 e. The van der Waals surface area contributed by atoms with E-state index in [9.17, 15) is 4.79 Å². The van der Waals surface area contributed by atoms with E-state index in [1.54, 1.807) is 0 Å². The first-order chi connectivity index (χ1) is 10.4. The van der Waals surface area contributed by atoms with Crippen LogP contribution in [0.15, 0.2) is 12.3 Å². The first-order valence-corrected chi connectivity index (χ1v) is 8.81. The highest BCUT2D eigenvalue weighted by Crippen LogP contribution is 2.28. The lowest BCUT2D eigenvalue weighted by Gasteiger charge is -2.21. The van der Waals surface area contributed by atoms with Crippen molar-refractivity contribution in [3.8, 4) is 0 Å². The van der Waals surface area contributed by atoms with Crippen LogP contribution in [0.25, 0.3) is 0 Å². The van der Waals surface area contributed by atoms with E-state index in [2.05, 4.69) is 11.1 Å². The number of hydrogen-bond acceptors (Lipinski definition) is 2. The Hall–Kier alpha value is -1.25. The van der Waals surface area contributed by atoms with Crippen LogP contribution < -0.4 is 0 Å². The second kappa shape index (κ2) is 7.85. The van der Waals surface area contributed by atoms with Crippen molar-refractivity contribution < 1.29 is 9.53 Å². The molecule has 0 amide bonds. The maximum Gasteiger partial charge on any atom is 0.306 e. The highest BCUT2D eigenvalue weighted by molar-refractivity contribution is 5.70. The van der Waals surface area contributed by atoms with E-state index < -0.39 is 5.60 Å². The zero-order valence-electron chi connectivity index (χ0n) is 14.4. The topological polar surface area (TPSA) is 42.1 Å². The van der Waals surface area contributed by atoms with Crippen LogP contribution in [0.3, 0.4) is 0 Å². The van der Waals surface area contributed by atoms with Gasteiger partial charge in [0.1, 0.15) is 5.60 Å². The largest absolute Gasteiger partial charge is 0.460 e. The number of aromatic nitrogens is 1. The molecular formula is C19H31NO2. The number of ether oxygens (including phenoxy) is 1. The van der Waals surface area contributed by atoms with E-state index in [1.807, 2.05) is 27.0 Å². The van der Waals surface area contributed by atoms with Crippen molar-refractivity contribution in [1.82, 2.24) is 4.98 Å². The van der Waals surface area contributed by atoms with E-state index in [0.717, 1.165) is 18.8 Å². The van der Waals surface area contributed by atoms with Crippen LogP contribution in [0.1, 0.15) is 77.0 Å². The molecule has 1 aromatic rings. The maximum atomic E-state index is 11.8. The number of esters is 1. The third-order valence-corrected chi connectivity index (χ3v) is 4.48.